The fraction of sp³-hybridized carbons (Fsp3) is 0.889. The van der Waals surface area contributed by atoms with Crippen LogP contribution in [-0.4, -0.2) is 35.2 Å². The summed E-state index contributed by atoms with van der Waals surface area (Å²) < 4.78 is 0. The third-order valence-electron chi connectivity index (χ3n) is 2.60. The summed E-state index contributed by atoms with van der Waals surface area (Å²) in [7, 11) is 0. The SMILES string of the molecule is CC1(C)CC(O)CCN(/C(N)=N/N)C1. The average molecular weight is 200 g/mol. The lowest BCUT2D eigenvalue weighted by molar-refractivity contribution is 0.122. The van der Waals surface area contributed by atoms with Crippen LogP contribution in [-0.2, 0) is 0 Å². The molecule has 1 saturated heterocycles. The van der Waals surface area contributed by atoms with Gasteiger partial charge in [-0.1, -0.05) is 13.8 Å². The molecule has 1 rings (SSSR count). The van der Waals surface area contributed by atoms with Gasteiger partial charge >= 0.3 is 0 Å². The molecule has 0 aromatic heterocycles. The normalized spacial score (nSPS) is 28.6. The Kier molecular flexibility index (Phi) is 3.21. The quantitative estimate of drug-likeness (QED) is 0.216. The predicted molar refractivity (Wildman–Crippen MR) is 56.4 cm³/mol. The van der Waals surface area contributed by atoms with Crippen LogP contribution in [0.15, 0.2) is 5.10 Å². The number of aliphatic hydroxyl groups is 1. The first-order valence-corrected chi connectivity index (χ1v) is 4.91. The fourth-order valence-corrected chi connectivity index (χ4v) is 1.98. The van der Waals surface area contributed by atoms with E-state index in [1.807, 2.05) is 4.90 Å². The Labute approximate surface area is 84.8 Å². The Morgan fingerprint density at radius 2 is 2.21 bits per heavy atom. The van der Waals surface area contributed by atoms with E-state index in [9.17, 15) is 5.11 Å². The molecule has 14 heavy (non-hydrogen) atoms. The monoisotopic (exact) mass is 200 g/mol. The summed E-state index contributed by atoms with van der Waals surface area (Å²) in [6.07, 6.45) is 1.27. The molecular formula is C9H20N4O. The molecule has 5 N–H and O–H groups in total. The summed E-state index contributed by atoms with van der Waals surface area (Å²) in [5, 5.41) is 13.1. The van der Waals surface area contributed by atoms with E-state index >= 15 is 0 Å². The number of nitrogens with two attached hydrogens (primary N) is 2. The molecule has 0 bridgehead atoms. The number of hydrogen-bond donors (Lipinski definition) is 3. The van der Waals surface area contributed by atoms with E-state index in [-0.39, 0.29) is 11.5 Å². The molecule has 0 radical (unpaired) electrons. The van der Waals surface area contributed by atoms with Crippen molar-refractivity contribution in [2.45, 2.75) is 32.8 Å². The summed E-state index contributed by atoms with van der Waals surface area (Å²) in [6, 6.07) is 0. The topological polar surface area (TPSA) is 87.9 Å². The van der Waals surface area contributed by atoms with Crippen LogP contribution in [0.25, 0.3) is 0 Å². The zero-order chi connectivity index (χ0) is 10.8. The average Bonchev–Trinajstić information content (AvgIpc) is 2.22. The number of hydrazone groups is 1. The summed E-state index contributed by atoms with van der Waals surface area (Å²) in [5.41, 5.74) is 5.70. The van der Waals surface area contributed by atoms with Crippen LogP contribution in [0.2, 0.25) is 0 Å². The van der Waals surface area contributed by atoms with Crippen LogP contribution in [0.3, 0.4) is 0 Å². The van der Waals surface area contributed by atoms with E-state index in [2.05, 4.69) is 18.9 Å². The zero-order valence-corrected chi connectivity index (χ0v) is 8.90. The second kappa shape index (κ2) is 4.04. The number of likely N-dealkylation sites (tertiary alicyclic amines) is 1. The van der Waals surface area contributed by atoms with Crippen LogP contribution in [0, 0.1) is 5.41 Å². The number of hydrogen-bond acceptors (Lipinski definition) is 3. The second-order valence-corrected chi connectivity index (χ2v) is 4.72. The first-order valence-electron chi connectivity index (χ1n) is 4.91. The van der Waals surface area contributed by atoms with Crippen molar-refractivity contribution >= 4 is 5.96 Å². The van der Waals surface area contributed by atoms with Gasteiger partial charge in [0.25, 0.3) is 0 Å². The minimum absolute atomic E-state index is 0.0469. The van der Waals surface area contributed by atoms with E-state index < -0.39 is 0 Å². The van der Waals surface area contributed by atoms with Gasteiger partial charge in [0.15, 0.2) is 0 Å². The smallest absolute Gasteiger partial charge is 0.213 e. The summed E-state index contributed by atoms with van der Waals surface area (Å²) in [4.78, 5) is 1.93. The van der Waals surface area contributed by atoms with Crippen molar-refractivity contribution in [2.75, 3.05) is 13.1 Å². The number of guanidine groups is 1. The van der Waals surface area contributed by atoms with E-state index in [1.54, 1.807) is 0 Å². The molecule has 82 valence electrons. The predicted octanol–water partition coefficient (Wildman–Crippen LogP) is -0.342. The molecular weight excluding hydrogens is 180 g/mol. The summed E-state index contributed by atoms with van der Waals surface area (Å²) >= 11 is 0. The molecule has 0 aliphatic carbocycles. The van der Waals surface area contributed by atoms with E-state index in [0.29, 0.717) is 5.96 Å². The molecule has 0 saturated carbocycles. The summed E-state index contributed by atoms with van der Waals surface area (Å²) in [5.74, 6) is 5.49. The highest BCUT2D eigenvalue weighted by Crippen LogP contribution is 2.27. The van der Waals surface area contributed by atoms with E-state index in [1.165, 1.54) is 0 Å². The molecule has 0 spiro atoms. The number of aliphatic hydroxyl groups excluding tert-OH is 1. The maximum Gasteiger partial charge on any atom is 0.213 e. The second-order valence-electron chi connectivity index (χ2n) is 4.72. The molecule has 1 heterocycles. The van der Waals surface area contributed by atoms with Crippen molar-refractivity contribution in [3.8, 4) is 0 Å². The fourth-order valence-electron chi connectivity index (χ4n) is 1.98. The van der Waals surface area contributed by atoms with Crippen LogP contribution in [0.4, 0.5) is 0 Å². The maximum atomic E-state index is 9.66. The molecule has 0 aromatic carbocycles. The van der Waals surface area contributed by atoms with Crippen molar-refractivity contribution in [2.24, 2.45) is 22.1 Å². The van der Waals surface area contributed by atoms with Crippen LogP contribution in [0.1, 0.15) is 26.7 Å². The Hall–Kier alpha value is -0.970. The Morgan fingerprint density at radius 3 is 2.79 bits per heavy atom. The highest BCUT2D eigenvalue weighted by molar-refractivity contribution is 5.77. The lowest BCUT2D eigenvalue weighted by Gasteiger charge is -2.29. The number of nitrogens with zero attached hydrogens (tertiary/aromatic N) is 2. The van der Waals surface area contributed by atoms with Gasteiger partial charge in [-0.2, -0.15) is 0 Å². The van der Waals surface area contributed by atoms with E-state index in [0.717, 1.165) is 25.9 Å². The van der Waals surface area contributed by atoms with Crippen LogP contribution in [0.5, 0.6) is 0 Å². The molecule has 1 aliphatic rings. The van der Waals surface area contributed by atoms with Crippen LogP contribution < -0.4 is 11.6 Å². The van der Waals surface area contributed by atoms with Crippen molar-refractivity contribution in [1.82, 2.24) is 4.90 Å². The van der Waals surface area contributed by atoms with Gasteiger partial charge in [-0.3, -0.25) is 0 Å². The van der Waals surface area contributed by atoms with Crippen LogP contribution >= 0.6 is 0 Å². The largest absolute Gasteiger partial charge is 0.393 e. The van der Waals surface area contributed by atoms with Crippen molar-refractivity contribution in [1.29, 1.82) is 0 Å². The third kappa shape index (κ3) is 2.77. The molecule has 0 amide bonds. The Morgan fingerprint density at radius 1 is 1.57 bits per heavy atom. The van der Waals surface area contributed by atoms with Gasteiger partial charge in [-0.15, -0.1) is 5.10 Å². The Bertz CT molecular complexity index is 227. The lowest BCUT2D eigenvalue weighted by atomic mass is 9.87. The molecule has 0 aromatic rings. The molecule has 5 heteroatoms. The number of rotatable bonds is 0. The zero-order valence-electron chi connectivity index (χ0n) is 8.90. The van der Waals surface area contributed by atoms with Crippen molar-refractivity contribution in [3.05, 3.63) is 0 Å². The van der Waals surface area contributed by atoms with Gasteiger partial charge in [0.2, 0.25) is 5.96 Å². The van der Waals surface area contributed by atoms with Crippen molar-refractivity contribution < 1.29 is 5.11 Å². The van der Waals surface area contributed by atoms with E-state index in [4.69, 9.17) is 11.6 Å². The Balaban J connectivity index is 2.72. The minimum atomic E-state index is -0.249. The third-order valence-corrected chi connectivity index (χ3v) is 2.60. The first kappa shape index (κ1) is 11.1. The van der Waals surface area contributed by atoms with Gasteiger partial charge in [0, 0.05) is 13.1 Å². The van der Waals surface area contributed by atoms with Gasteiger partial charge in [-0.25, -0.2) is 0 Å². The van der Waals surface area contributed by atoms with Gasteiger partial charge < -0.3 is 21.6 Å². The highest BCUT2D eigenvalue weighted by atomic mass is 16.3. The van der Waals surface area contributed by atoms with Gasteiger partial charge in [0.05, 0.1) is 6.10 Å². The highest BCUT2D eigenvalue weighted by Gasteiger charge is 2.29. The molecule has 1 unspecified atom stereocenters. The lowest BCUT2D eigenvalue weighted by Crippen LogP contribution is -2.42. The summed E-state index contributed by atoms with van der Waals surface area (Å²) in [6.45, 7) is 5.73. The standard InChI is InChI=1S/C9H20N4O/c1-9(2)5-7(14)3-4-13(6-9)8(10)12-11/h7,14H,3-6,11H2,1-2H3,(H2,10,12). The minimum Gasteiger partial charge on any atom is -0.393 e. The van der Waals surface area contributed by atoms with Crippen molar-refractivity contribution in [3.63, 3.8) is 0 Å². The molecule has 1 fully saturated rings. The van der Waals surface area contributed by atoms with Gasteiger partial charge in [-0.05, 0) is 18.3 Å². The van der Waals surface area contributed by atoms with Gasteiger partial charge in [0.1, 0.15) is 0 Å². The first-order chi connectivity index (χ1) is 6.44. The molecule has 5 nitrogen and oxygen atoms in total. The molecule has 1 atom stereocenters. The maximum absolute atomic E-state index is 9.66. The molecule has 1 aliphatic heterocycles.